The molecule has 3 aromatic rings. The van der Waals surface area contributed by atoms with E-state index in [9.17, 15) is 4.39 Å². The zero-order valence-electron chi connectivity index (χ0n) is 14.8. The van der Waals surface area contributed by atoms with Crippen LogP contribution in [0.3, 0.4) is 0 Å². The van der Waals surface area contributed by atoms with Gasteiger partial charge in [0.05, 0.1) is 12.1 Å². The smallest absolute Gasteiger partial charge is 0.151 e. The van der Waals surface area contributed by atoms with Crippen LogP contribution in [0.2, 0.25) is 0 Å². The summed E-state index contributed by atoms with van der Waals surface area (Å²) in [5.74, 6) is 1.17. The van der Waals surface area contributed by atoms with E-state index in [1.165, 1.54) is 11.6 Å². The molecule has 2 aromatic carbocycles. The van der Waals surface area contributed by atoms with Crippen molar-refractivity contribution in [1.29, 1.82) is 0 Å². The Morgan fingerprint density at radius 2 is 1.85 bits per heavy atom. The van der Waals surface area contributed by atoms with Gasteiger partial charge in [0.1, 0.15) is 11.3 Å². The second-order valence-electron chi connectivity index (χ2n) is 7.03. The summed E-state index contributed by atoms with van der Waals surface area (Å²) in [6.45, 7) is 4.23. The maximum atomic E-state index is 13.9. The number of benzene rings is 2. The first-order valence-corrected chi connectivity index (χ1v) is 9.25. The number of fused-ring (bicyclic) bond motifs is 1. The van der Waals surface area contributed by atoms with Crippen LogP contribution in [0.4, 0.5) is 4.39 Å². The van der Waals surface area contributed by atoms with Crippen molar-refractivity contribution in [3.8, 4) is 0 Å². The van der Waals surface area contributed by atoms with E-state index < -0.39 is 0 Å². The van der Waals surface area contributed by atoms with E-state index in [1.54, 1.807) is 6.07 Å². The monoisotopic (exact) mass is 353 g/mol. The molecule has 1 fully saturated rings. The van der Waals surface area contributed by atoms with Gasteiger partial charge in [-0.3, -0.25) is 4.90 Å². The van der Waals surface area contributed by atoms with Crippen LogP contribution < -0.4 is 0 Å². The first-order valence-electron chi connectivity index (χ1n) is 9.25. The van der Waals surface area contributed by atoms with E-state index in [0.717, 1.165) is 50.5 Å². The molecule has 0 saturated carbocycles. The van der Waals surface area contributed by atoms with Crippen LogP contribution in [-0.4, -0.2) is 34.6 Å². The predicted octanol–water partition coefficient (Wildman–Crippen LogP) is 4.13. The predicted molar refractivity (Wildman–Crippen MR) is 100 cm³/mol. The van der Waals surface area contributed by atoms with E-state index in [2.05, 4.69) is 39.1 Å². The highest BCUT2D eigenvalue weighted by atomic mass is 19.1. The highest BCUT2D eigenvalue weighted by Crippen LogP contribution is 2.20. The van der Waals surface area contributed by atoms with Crippen LogP contribution >= 0.6 is 0 Å². The first-order chi connectivity index (χ1) is 12.8. The maximum Gasteiger partial charge on any atom is 0.151 e. The second-order valence-corrected chi connectivity index (χ2v) is 7.03. The molecule has 0 spiro atoms. The summed E-state index contributed by atoms with van der Waals surface area (Å²) in [5.41, 5.74) is 2.46. The van der Waals surface area contributed by atoms with Crippen LogP contribution in [0.5, 0.6) is 0 Å². The van der Waals surface area contributed by atoms with Crippen molar-refractivity contribution in [2.45, 2.75) is 25.9 Å². The van der Waals surface area contributed by atoms with Gasteiger partial charge in [-0.05, 0) is 36.5 Å². The molecule has 1 N–H and O–H groups in total. The summed E-state index contributed by atoms with van der Waals surface area (Å²) < 4.78 is 19.4. The van der Waals surface area contributed by atoms with Gasteiger partial charge in [-0.25, -0.2) is 9.37 Å². The molecule has 0 aliphatic carbocycles. The molecule has 0 bridgehead atoms. The maximum absolute atomic E-state index is 13.9. The normalized spacial score (nSPS) is 15.8. The number of hydrogen-bond donors (Lipinski definition) is 1. The van der Waals surface area contributed by atoms with Crippen molar-refractivity contribution < 1.29 is 9.13 Å². The highest BCUT2D eigenvalue weighted by Gasteiger charge is 2.19. The van der Waals surface area contributed by atoms with Crippen LogP contribution in [0, 0.1) is 11.7 Å². The fourth-order valence-corrected chi connectivity index (χ4v) is 3.66. The topological polar surface area (TPSA) is 41.2 Å². The molecule has 0 atom stereocenters. The largest absolute Gasteiger partial charge is 0.381 e. The molecule has 4 nitrogen and oxygen atoms in total. The molecule has 1 saturated heterocycles. The SMILES string of the molecule is Fc1cccc2[nH]c(CN(Cc3ccccc3)CC3CCOCC3)nc12. The van der Waals surface area contributed by atoms with Gasteiger partial charge in [-0.2, -0.15) is 0 Å². The zero-order valence-corrected chi connectivity index (χ0v) is 14.8. The Hall–Kier alpha value is -2.24. The molecule has 4 rings (SSSR count). The average Bonchev–Trinajstić information content (AvgIpc) is 3.07. The minimum atomic E-state index is -0.274. The number of hydrogen-bond acceptors (Lipinski definition) is 3. The fourth-order valence-electron chi connectivity index (χ4n) is 3.66. The summed E-state index contributed by atoms with van der Waals surface area (Å²) in [4.78, 5) is 10.2. The summed E-state index contributed by atoms with van der Waals surface area (Å²) in [7, 11) is 0. The van der Waals surface area contributed by atoms with Gasteiger partial charge in [0, 0.05) is 26.3 Å². The number of halogens is 1. The molecular formula is C21H24FN3O. The Kier molecular flexibility index (Phi) is 5.27. The van der Waals surface area contributed by atoms with Gasteiger partial charge in [0.2, 0.25) is 0 Å². The summed E-state index contributed by atoms with van der Waals surface area (Å²) in [6, 6.07) is 15.5. The lowest BCUT2D eigenvalue weighted by Crippen LogP contribution is -2.32. The Bertz CT molecular complexity index is 843. The van der Waals surface area contributed by atoms with Crippen molar-refractivity contribution in [3.63, 3.8) is 0 Å². The molecule has 136 valence electrons. The fraction of sp³-hybridized carbons (Fsp3) is 0.381. The van der Waals surface area contributed by atoms with Gasteiger partial charge in [0.15, 0.2) is 5.82 Å². The molecule has 1 aromatic heterocycles. The Morgan fingerprint density at radius 1 is 1.04 bits per heavy atom. The number of imidazole rings is 1. The average molecular weight is 353 g/mol. The van der Waals surface area contributed by atoms with Crippen LogP contribution in [0.1, 0.15) is 24.2 Å². The van der Waals surface area contributed by atoms with Crippen molar-refractivity contribution in [2.75, 3.05) is 19.8 Å². The second kappa shape index (κ2) is 7.98. The third kappa shape index (κ3) is 4.11. The number of aromatic nitrogens is 2. The van der Waals surface area contributed by atoms with Crippen molar-refractivity contribution in [1.82, 2.24) is 14.9 Å². The standard InChI is InChI=1S/C21H24FN3O/c22-18-7-4-8-19-21(18)24-20(23-19)15-25(13-16-5-2-1-3-6-16)14-17-9-11-26-12-10-17/h1-8,17H,9-15H2,(H,23,24). The number of H-pyrrole nitrogens is 1. The summed E-state index contributed by atoms with van der Waals surface area (Å²) in [6.07, 6.45) is 2.19. The van der Waals surface area contributed by atoms with Gasteiger partial charge in [0.25, 0.3) is 0 Å². The summed E-state index contributed by atoms with van der Waals surface area (Å²) >= 11 is 0. The quantitative estimate of drug-likeness (QED) is 0.724. The Balaban J connectivity index is 1.53. The number of rotatable bonds is 6. The molecule has 2 heterocycles. The molecule has 26 heavy (non-hydrogen) atoms. The van der Waals surface area contributed by atoms with Gasteiger partial charge >= 0.3 is 0 Å². The van der Waals surface area contributed by atoms with E-state index >= 15 is 0 Å². The van der Waals surface area contributed by atoms with Crippen LogP contribution in [0.15, 0.2) is 48.5 Å². The van der Waals surface area contributed by atoms with Gasteiger partial charge in [-0.1, -0.05) is 36.4 Å². The number of aromatic amines is 1. The van der Waals surface area contributed by atoms with Crippen LogP contribution in [0.25, 0.3) is 11.0 Å². The van der Waals surface area contributed by atoms with Crippen LogP contribution in [-0.2, 0) is 17.8 Å². The Labute approximate surface area is 153 Å². The number of nitrogens with one attached hydrogen (secondary N) is 1. The number of ether oxygens (including phenoxy) is 1. The molecule has 5 heteroatoms. The Morgan fingerprint density at radius 3 is 2.62 bits per heavy atom. The van der Waals surface area contributed by atoms with Crippen molar-refractivity contribution in [2.24, 2.45) is 5.92 Å². The van der Waals surface area contributed by atoms with Gasteiger partial charge < -0.3 is 9.72 Å². The zero-order chi connectivity index (χ0) is 17.8. The lowest BCUT2D eigenvalue weighted by molar-refractivity contribution is 0.0498. The van der Waals surface area contributed by atoms with Crippen molar-refractivity contribution >= 4 is 11.0 Å². The van der Waals surface area contributed by atoms with Gasteiger partial charge in [-0.15, -0.1) is 0 Å². The highest BCUT2D eigenvalue weighted by molar-refractivity contribution is 5.75. The molecule has 0 amide bonds. The number of para-hydroxylation sites is 1. The van der Waals surface area contributed by atoms with Crippen molar-refractivity contribution in [3.05, 3.63) is 65.7 Å². The van der Waals surface area contributed by atoms with E-state index in [1.807, 2.05) is 12.1 Å². The molecular weight excluding hydrogens is 329 g/mol. The first kappa shape index (κ1) is 17.2. The lowest BCUT2D eigenvalue weighted by Gasteiger charge is -2.29. The third-order valence-electron chi connectivity index (χ3n) is 4.99. The molecule has 0 radical (unpaired) electrons. The minimum absolute atomic E-state index is 0.274. The number of nitrogens with zero attached hydrogens (tertiary/aromatic N) is 2. The molecule has 0 unspecified atom stereocenters. The summed E-state index contributed by atoms with van der Waals surface area (Å²) in [5, 5.41) is 0. The molecule has 1 aliphatic rings. The van der Waals surface area contributed by atoms with E-state index in [4.69, 9.17) is 4.74 Å². The third-order valence-corrected chi connectivity index (χ3v) is 4.99. The lowest BCUT2D eigenvalue weighted by atomic mass is 9.99. The minimum Gasteiger partial charge on any atom is -0.381 e. The van der Waals surface area contributed by atoms with E-state index in [0.29, 0.717) is 18.0 Å². The molecule has 1 aliphatic heterocycles. The van der Waals surface area contributed by atoms with E-state index in [-0.39, 0.29) is 5.82 Å².